The zero-order valence-electron chi connectivity index (χ0n) is 13.4. The number of aryl methyl sites for hydroxylation is 2. The molecule has 2 rings (SSSR count). The second-order valence-corrected chi connectivity index (χ2v) is 5.54. The number of rotatable bonds is 5. The van der Waals surface area contributed by atoms with E-state index in [1.807, 2.05) is 18.2 Å². The lowest BCUT2D eigenvalue weighted by Crippen LogP contribution is -2.17. The van der Waals surface area contributed by atoms with Gasteiger partial charge in [-0.05, 0) is 54.7 Å². The van der Waals surface area contributed by atoms with Gasteiger partial charge in [0.2, 0.25) is 0 Å². The number of hydrogen-bond acceptors (Lipinski definition) is 3. The van der Waals surface area contributed by atoms with Gasteiger partial charge in [-0.1, -0.05) is 36.4 Å². The number of nitrogens with two attached hydrogens (primary N) is 1. The van der Waals surface area contributed by atoms with Crippen LogP contribution >= 0.6 is 0 Å². The van der Waals surface area contributed by atoms with E-state index in [4.69, 9.17) is 10.5 Å². The molecule has 0 saturated heterocycles. The van der Waals surface area contributed by atoms with Crippen molar-refractivity contribution in [3.63, 3.8) is 0 Å². The van der Waals surface area contributed by atoms with Crippen LogP contribution in [0.15, 0.2) is 42.5 Å². The van der Waals surface area contributed by atoms with Crippen molar-refractivity contribution in [2.24, 2.45) is 5.73 Å². The Labute approximate surface area is 132 Å². The zero-order valence-corrected chi connectivity index (χ0v) is 13.4. The summed E-state index contributed by atoms with van der Waals surface area (Å²) in [5.41, 5.74) is 11.9. The molecule has 0 saturated carbocycles. The van der Waals surface area contributed by atoms with Crippen LogP contribution < -0.4 is 5.73 Å². The second kappa shape index (κ2) is 7.23. The van der Waals surface area contributed by atoms with Gasteiger partial charge in [0.25, 0.3) is 0 Å². The monoisotopic (exact) mass is 297 g/mol. The van der Waals surface area contributed by atoms with E-state index in [0.717, 1.165) is 16.7 Å². The smallest absolute Gasteiger partial charge is 0.307 e. The maximum absolute atomic E-state index is 11.6. The number of benzene rings is 2. The van der Waals surface area contributed by atoms with Crippen molar-refractivity contribution < 1.29 is 9.53 Å². The van der Waals surface area contributed by atoms with E-state index in [1.165, 1.54) is 11.1 Å². The number of carbonyl (C=O) groups is 1. The van der Waals surface area contributed by atoms with Gasteiger partial charge in [-0.2, -0.15) is 0 Å². The molecule has 116 valence electrons. The van der Waals surface area contributed by atoms with Gasteiger partial charge in [0.05, 0.1) is 13.0 Å². The SMILES string of the molecule is CCOC(=O)CC(N)c1cccc(-c2ccc(C)c(C)c2)c1. The molecule has 0 aliphatic rings. The first-order chi connectivity index (χ1) is 10.5. The standard InChI is InChI=1S/C19H23NO2/c1-4-22-19(21)12-18(20)17-7-5-6-15(11-17)16-9-8-13(2)14(3)10-16/h5-11,18H,4,12,20H2,1-3H3. The normalized spacial score (nSPS) is 12.0. The Morgan fingerprint density at radius 2 is 1.82 bits per heavy atom. The maximum atomic E-state index is 11.6. The highest BCUT2D eigenvalue weighted by atomic mass is 16.5. The van der Waals surface area contributed by atoms with Crippen molar-refractivity contribution in [2.75, 3.05) is 6.61 Å². The Morgan fingerprint density at radius 1 is 1.09 bits per heavy atom. The predicted molar refractivity (Wildman–Crippen MR) is 89.5 cm³/mol. The lowest BCUT2D eigenvalue weighted by Gasteiger charge is -2.13. The number of esters is 1. The minimum atomic E-state index is -0.342. The van der Waals surface area contributed by atoms with Gasteiger partial charge in [-0.15, -0.1) is 0 Å². The lowest BCUT2D eigenvalue weighted by atomic mass is 9.96. The van der Waals surface area contributed by atoms with E-state index in [0.29, 0.717) is 6.61 Å². The summed E-state index contributed by atoms with van der Waals surface area (Å²) in [4.78, 5) is 11.6. The number of hydrogen-bond donors (Lipinski definition) is 1. The van der Waals surface area contributed by atoms with Crippen LogP contribution in [0.25, 0.3) is 11.1 Å². The molecule has 3 nitrogen and oxygen atoms in total. The molecule has 0 radical (unpaired) electrons. The maximum Gasteiger partial charge on any atom is 0.307 e. The summed E-state index contributed by atoms with van der Waals surface area (Å²) in [7, 11) is 0. The summed E-state index contributed by atoms with van der Waals surface area (Å²) in [6, 6.07) is 14.1. The first kappa shape index (κ1) is 16.2. The zero-order chi connectivity index (χ0) is 16.1. The summed E-state index contributed by atoms with van der Waals surface area (Å²) in [5, 5.41) is 0. The molecule has 0 aliphatic carbocycles. The van der Waals surface area contributed by atoms with E-state index in [1.54, 1.807) is 6.92 Å². The molecular weight excluding hydrogens is 274 g/mol. The van der Waals surface area contributed by atoms with E-state index in [-0.39, 0.29) is 18.4 Å². The third-order valence-electron chi connectivity index (χ3n) is 3.85. The van der Waals surface area contributed by atoms with Gasteiger partial charge in [-0.25, -0.2) is 0 Å². The van der Waals surface area contributed by atoms with Crippen LogP contribution in [0.2, 0.25) is 0 Å². The van der Waals surface area contributed by atoms with Gasteiger partial charge < -0.3 is 10.5 Å². The van der Waals surface area contributed by atoms with Crippen LogP contribution in [0.1, 0.15) is 36.1 Å². The Kier molecular flexibility index (Phi) is 5.34. The fourth-order valence-electron chi connectivity index (χ4n) is 2.39. The molecule has 2 N–H and O–H groups in total. The van der Waals surface area contributed by atoms with Crippen LogP contribution in [-0.2, 0) is 9.53 Å². The van der Waals surface area contributed by atoms with Crippen molar-refractivity contribution in [1.29, 1.82) is 0 Å². The molecule has 0 aromatic heterocycles. The van der Waals surface area contributed by atoms with Gasteiger partial charge in [-0.3, -0.25) is 4.79 Å². The minimum Gasteiger partial charge on any atom is -0.466 e. The fourth-order valence-corrected chi connectivity index (χ4v) is 2.39. The molecule has 0 aliphatic heterocycles. The van der Waals surface area contributed by atoms with E-state index in [9.17, 15) is 4.79 Å². The average molecular weight is 297 g/mol. The van der Waals surface area contributed by atoms with Crippen molar-refractivity contribution in [3.8, 4) is 11.1 Å². The van der Waals surface area contributed by atoms with Gasteiger partial charge >= 0.3 is 5.97 Å². The van der Waals surface area contributed by atoms with Crippen molar-refractivity contribution in [3.05, 3.63) is 59.2 Å². The van der Waals surface area contributed by atoms with Crippen molar-refractivity contribution in [1.82, 2.24) is 0 Å². The van der Waals surface area contributed by atoms with Crippen molar-refractivity contribution >= 4 is 5.97 Å². The highest BCUT2D eigenvalue weighted by molar-refractivity contribution is 5.71. The van der Waals surface area contributed by atoms with E-state index < -0.39 is 0 Å². The van der Waals surface area contributed by atoms with Crippen LogP contribution in [-0.4, -0.2) is 12.6 Å². The second-order valence-electron chi connectivity index (χ2n) is 5.54. The molecule has 0 fully saturated rings. The Morgan fingerprint density at radius 3 is 2.50 bits per heavy atom. The van der Waals surface area contributed by atoms with Crippen molar-refractivity contribution in [2.45, 2.75) is 33.2 Å². The molecular formula is C19H23NO2. The molecule has 3 heteroatoms. The van der Waals surface area contributed by atoms with Crippen LogP contribution in [0.3, 0.4) is 0 Å². The molecule has 1 atom stereocenters. The molecule has 2 aromatic rings. The summed E-state index contributed by atoms with van der Waals surface area (Å²) in [6.07, 6.45) is 0.199. The number of carbonyl (C=O) groups excluding carboxylic acids is 1. The summed E-state index contributed by atoms with van der Waals surface area (Å²) in [6.45, 7) is 6.39. The lowest BCUT2D eigenvalue weighted by molar-refractivity contribution is -0.143. The molecule has 0 heterocycles. The van der Waals surface area contributed by atoms with Gasteiger partial charge in [0, 0.05) is 6.04 Å². The van der Waals surface area contributed by atoms with Gasteiger partial charge in [0.1, 0.15) is 0 Å². The fraction of sp³-hybridized carbons (Fsp3) is 0.316. The molecule has 2 aromatic carbocycles. The van der Waals surface area contributed by atoms with Crippen LogP contribution in [0.4, 0.5) is 0 Å². The molecule has 0 spiro atoms. The van der Waals surface area contributed by atoms with Gasteiger partial charge in [0.15, 0.2) is 0 Å². The third-order valence-corrected chi connectivity index (χ3v) is 3.85. The first-order valence-electron chi connectivity index (χ1n) is 7.60. The summed E-state index contributed by atoms with van der Waals surface area (Å²) >= 11 is 0. The third kappa shape index (κ3) is 3.95. The number of ether oxygens (including phenoxy) is 1. The quantitative estimate of drug-likeness (QED) is 0.851. The summed E-state index contributed by atoms with van der Waals surface area (Å²) in [5.74, 6) is -0.258. The molecule has 22 heavy (non-hydrogen) atoms. The Hall–Kier alpha value is -2.13. The van der Waals surface area contributed by atoms with E-state index in [2.05, 4.69) is 38.1 Å². The van der Waals surface area contributed by atoms with Crippen LogP contribution in [0.5, 0.6) is 0 Å². The molecule has 0 amide bonds. The van der Waals surface area contributed by atoms with Crippen LogP contribution in [0, 0.1) is 13.8 Å². The molecule has 0 bridgehead atoms. The topological polar surface area (TPSA) is 52.3 Å². The Balaban J connectivity index is 2.22. The largest absolute Gasteiger partial charge is 0.466 e. The summed E-state index contributed by atoms with van der Waals surface area (Å²) < 4.78 is 4.96. The minimum absolute atomic E-state index is 0.199. The molecule has 1 unspecified atom stereocenters. The predicted octanol–water partition coefficient (Wildman–Crippen LogP) is 3.92. The highest BCUT2D eigenvalue weighted by Crippen LogP contribution is 2.25. The highest BCUT2D eigenvalue weighted by Gasteiger charge is 2.13. The Bertz CT molecular complexity index is 664. The average Bonchev–Trinajstić information content (AvgIpc) is 2.50. The van der Waals surface area contributed by atoms with E-state index >= 15 is 0 Å². The first-order valence-corrected chi connectivity index (χ1v) is 7.60.